The lowest BCUT2D eigenvalue weighted by atomic mass is 10.0. The Morgan fingerprint density at radius 2 is 2.03 bits per heavy atom. The smallest absolute Gasteiger partial charge is 0.346 e. The summed E-state index contributed by atoms with van der Waals surface area (Å²) in [5, 5.41) is 8.57. The van der Waals surface area contributed by atoms with Gasteiger partial charge in [0, 0.05) is 39.4 Å². The van der Waals surface area contributed by atoms with Gasteiger partial charge in [0.15, 0.2) is 5.82 Å². The number of hydrogen-bond acceptors (Lipinski definition) is 7. The third-order valence-electron chi connectivity index (χ3n) is 6.33. The first kappa shape index (κ1) is 19.5. The van der Waals surface area contributed by atoms with E-state index in [-0.39, 0.29) is 18.2 Å². The minimum absolute atomic E-state index is 0.0603. The van der Waals surface area contributed by atoms with Gasteiger partial charge < -0.3 is 14.4 Å². The Morgan fingerprint density at radius 3 is 2.80 bits per heavy atom. The van der Waals surface area contributed by atoms with Crippen molar-refractivity contribution < 1.29 is 14.3 Å². The number of carbonyl (C=O) groups excluding carboxylic acids is 1. The van der Waals surface area contributed by atoms with E-state index in [9.17, 15) is 9.59 Å². The lowest BCUT2D eigenvalue weighted by molar-refractivity contribution is -0.0816. The Morgan fingerprint density at radius 1 is 1.20 bits per heavy atom. The molecule has 5 heterocycles. The number of nitrogens with zero attached hydrogens (tertiary/aromatic N) is 7. The largest absolute Gasteiger partial charge is 0.379 e. The second-order valence-electron chi connectivity index (χ2n) is 8.25. The molecule has 0 aromatic carbocycles. The van der Waals surface area contributed by atoms with Crippen molar-refractivity contribution in [1.82, 2.24) is 33.9 Å². The highest BCUT2D eigenvalue weighted by Gasteiger charge is 2.45. The number of carbonyl (C=O) groups is 1. The van der Waals surface area contributed by atoms with Crippen LogP contribution in [0.1, 0.15) is 22.7 Å². The predicted octanol–water partition coefficient (Wildman–Crippen LogP) is -1.07. The van der Waals surface area contributed by atoms with Crippen molar-refractivity contribution >= 4 is 5.91 Å². The third kappa shape index (κ3) is 3.46. The maximum Gasteiger partial charge on any atom is 0.346 e. The fraction of sp³-hybridized carbons (Fsp3) is 0.684. The van der Waals surface area contributed by atoms with Crippen LogP contribution < -0.4 is 5.69 Å². The summed E-state index contributed by atoms with van der Waals surface area (Å²) < 4.78 is 16.4. The maximum absolute atomic E-state index is 12.9. The summed E-state index contributed by atoms with van der Waals surface area (Å²) in [6.07, 6.45) is 2.31. The van der Waals surface area contributed by atoms with Crippen LogP contribution in [0.15, 0.2) is 17.1 Å². The molecule has 1 amide bonds. The van der Waals surface area contributed by atoms with E-state index in [1.807, 2.05) is 0 Å². The Balaban J connectivity index is 1.27. The van der Waals surface area contributed by atoms with Gasteiger partial charge in [-0.05, 0) is 12.5 Å². The second kappa shape index (κ2) is 7.64. The lowest BCUT2D eigenvalue weighted by Crippen LogP contribution is -2.47. The van der Waals surface area contributed by atoms with Crippen molar-refractivity contribution in [2.24, 2.45) is 7.05 Å². The lowest BCUT2D eigenvalue weighted by Gasteiger charge is -2.33. The van der Waals surface area contributed by atoms with Crippen LogP contribution in [0.3, 0.4) is 0 Å². The van der Waals surface area contributed by atoms with Crippen molar-refractivity contribution in [3.63, 3.8) is 0 Å². The van der Waals surface area contributed by atoms with Gasteiger partial charge in [-0.2, -0.15) is 10.2 Å². The van der Waals surface area contributed by atoms with E-state index in [1.54, 1.807) is 38.1 Å². The molecule has 0 radical (unpaired) electrons. The summed E-state index contributed by atoms with van der Waals surface area (Å²) in [4.78, 5) is 29.8. The third-order valence-corrected chi connectivity index (χ3v) is 6.33. The standard InChI is InChI=1S/C19H27N7O4/c1-22-15(2-4-20-22)17(27)24-5-3-19(13-24)14-25-16(12-30-19)21-26(18(25)28)7-6-23-8-10-29-11-9-23/h2,4H,3,5-14H2,1H3. The number of morpholine rings is 1. The van der Waals surface area contributed by atoms with Gasteiger partial charge >= 0.3 is 5.69 Å². The van der Waals surface area contributed by atoms with E-state index in [1.165, 1.54) is 0 Å². The Kier molecular flexibility index (Phi) is 4.95. The normalized spacial score (nSPS) is 24.5. The van der Waals surface area contributed by atoms with E-state index in [0.29, 0.717) is 44.1 Å². The molecule has 3 aliphatic heterocycles. The van der Waals surface area contributed by atoms with E-state index in [4.69, 9.17) is 9.47 Å². The predicted molar refractivity (Wildman–Crippen MR) is 105 cm³/mol. The van der Waals surface area contributed by atoms with E-state index < -0.39 is 5.60 Å². The van der Waals surface area contributed by atoms with Crippen LogP contribution in [0.2, 0.25) is 0 Å². The highest BCUT2D eigenvalue weighted by Crippen LogP contribution is 2.32. The second-order valence-corrected chi connectivity index (χ2v) is 8.25. The van der Waals surface area contributed by atoms with Crippen molar-refractivity contribution in [2.45, 2.75) is 31.7 Å². The number of fused-ring (bicyclic) bond motifs is 1. The van der Waals surface area contributed by atoms with Gasteiger partial charge in [-0.25, -0.2) is 9.48 Å². The highest BCUT2D eigenvalue weighted by molar-refractivity contribution is 5.92. The molecule has 1 atom stereocenters. The highest BCUT2D eigenvalue weighted by atomic mass is 16.5. The van der Waals surface area contributed by atoms with E-state index in [0.717, 1.165) is 32.8 Å². The first-order chi connectivity index (χ1) is 14.5. The summed E-state index contributed by atoms with van der Waals surface area (Å²) in [6.45, 7) is 6.33. The topological polar surface area (TPSA) is 99.7 Å². The van der Waals surface area contributed by atoms with E-state index >= 15 is 0 Å². The molecular formula is C19H27N7O4. The van der Waals surface area contributed by atoms with Gasteiger partial charge in [-0.15, -0.1) is 0 Å². The summed E-state index contributed by atoms with van der Waals surface area (Å²) >= 11 is 0. The van der Waals surface area contributed by atoms with Gasteiger partial charge in [0.2, 0.25) is 0 Å². The summed E-state index contributed by atoms with van der Waals surface area (Å²) in [5.41, 5.74) is -0.0858. The van der Waals surface area contributed by atoms with Crippen molar-refractivity contribution in [3.8, 4) is 0 Å². The first-order valence-electron chi connectivity index (χ1n) is 10.4. The monoisotopic (exact) mass is 417 g/mol. The van der Waals surface area contributed by atoms with Crippen LogP contribution >= 0.6 is 0 Å². The fourth-order valence-corrected chi connectivity index (χ4v) is 4.52. The summed E-state index contributed by atoms with van der Waals surface area (Å²) in [6, 6.07) is 1.72. The molecule has 3 aliphatic rings. The van der Waals surface area contributed by atoms with Gasteiger partial charge in [0.25, 0.3) is 5.91 Å². The Hall–Kier alpha value is -2.50. The van der Waals surface area contributed by atoms with Crippen molar-refractivity contribution in [2.75, 3.05) is 45.9 Å². The Labute approximate surface area is 173 Å². The molecule has 2 saturated heterocycles. The molecule has 2 aromatic rings. The summed E-state index contributed by atoms with van der Waals surface area (Å²) in [7, 11) is 1.76. The molecule has 30 heavy (non-hydrogen) atoms. The number of rotatable bonds is 4. The number of hydrogen-bond donors (Lipinski definition) is 0. The molecule has 0 N–H and O–H groups in total. The van der Waals surface area contributed by atoms with Crippen LogP contribution in [-0.4, -0.2) is 91.4 Å². The van der Waals surface area contributed by atoms with Gasteiger partial charge in [0.1, 0.15) is 17.9 Å². The zero-order valence-electron chi connectivity index (χ0n) is 17.2. The molecule has 1 spiro atoms. The minimum Gasteiger partial charge on any atom is -0.379 e. The maximum atomic E-state index is 12.9. The molecule has 2 fully saturated rings. The molecule has 0 aliphatic carbocycles. The first-order valence-corrected chi connectivity index (χ1v) is 10.4. The number of aryl methyl sites for hydroxylation is 1. The molecule has 0 saturated carbocycles. The molecule has 162 valence electrons. The fourth-order valence-electron chi connectivity index (χ4n) is 4.52. The molecule has 11 heteroatoms. The SMILES string of the molecule is Cn1nccc1C(=O)N1CCC2(C1)Cn1c(nn(CCN3CCOCC3)c1=O)CO2. The minimum atomic E-state index is -0.539. The van der Waals surface area contributed by atoms with Crippen molar-refractivity contribution in [1.29, 1.82) is 0 Å². The number of likely N-dealkylation sites (tertiary alicyclic amines) is 1. The van der Waals surface area contributed by atoms with Crippen LogP contribution in [0.25, 0.3) is 0 Å². The van der Waals surface area contributed by atoms with Crippen molar-refractivity contribution in [3.05, 3.63) is 34.3 Å². The number of aromatic nitrogens is 5. The van der Waals surface area contributed by atoms with Gasteiger partial charge in [-0.1, -0.05) is 0 Å². The number of ether oxygens (including phenoxy) is 2. The molecule has 1 unspecified atom stereocenters. The summed E-state index contributed by atoms with van der Waals surface area (Å²) in [5.74, 6) is 0.596. The average molecular weight is 417 g/mol. The van der Waals surface area contributed by atoms with Crippen LogP contribution in [0.5, 0.6) is 0 Å². The van der Waals surface area contributed by atoms with Crippen LogP contribution in [0, 0.1) is 0 Å². The Bertz CT molecular complexity index is 989. The molecule has 11 nitrogen and oxygen atoms in total. The molecular weight excluding hydrogens is 390 g/mol. The van der Waals surface area contributed by atoms with E-state index in [2.05, 4.69) is 15.1 Å². The molecule has 0 bridgehead atoms. The van der Waals surface area contributed by atoms with Crippen LogP contribution in [0.4, 0.5) is 0 Å². The average Bonchev–Trinajstić information content (AvgIpc) is 3.46. The van der Waals surface area contributed by atoms with Gasteiger partial charge in [-0.3, -0.25) is 18.9 Å². The molecule has 5 rings (SSSR count). The van der Waals surface area contributed by atoms with Crippen LogP contribution in [-0.2, 0) is 36.2 Å². The zero-order chi connectivity index (χ0) is 20.7. The molecule has 2 aromatic heterocycles. The zero-order valence-corrected chi connectivity index (χ0v) is 17.2. The quantitative estimate of drug-likeness (QED) is 0.624. The number of amides is 1. The van der Waals surface area contributed by atoms with Gasteiger partial charge in [0.05, 0.1) is 32.8 Å².